The van der Waals surface area contributed by atoms with Crippen molar-refractivity contribution in [2.45, 2.75) is 13.8 Å². The number of aromatic nitrogens is 1. The molecular formula is C20H20N2O3. The molecule has 0 aliphatic heterocycles. The molecule has 3 rings (SSSR count). The minimum Gasteiger partial charge on any atom is -0.497 e. The van der Waals surface area contributed by atoms with Crippen LogP contribution in [0.5, 0.6) is 5.75 Å². The van der Waals surface area contributed by atoms with E-state index in [0.29, 0.717) is 17.9 Å². The summed E-state index contributed by atoms with van der Waals surface area (Å²) in [5.74, 6) is 0.451. The molecule has 1 heterocycles. The highest BCUT2D eigenvalue weighted by atomic mass is 16.6. The smallest absolute Gasteiger partial charge is 0.275 e. The van der Waals surface area contributed by atoms with Crippen molar-refractivity contribution in [2.75, 3.05) is 13.7 Å². The topological polar surface area (TPSA) is 60.5 Å². The number of hydroxylamine groups is 1. The number of rotatable bonds is 5. The monoisotopic (exact) mass is 336 g/mol. The average molecular weight is 336 g/mol. The third-order valence-electron chi connectivity index (χ3n) is 3.88. The number of methoxy groups -OCH3 is 1. The van der Waals surface area contributed by atoms with E-state index in [-0.39, 0.29) is 5.91 Å². The first-order valence-electron chi connectivity index (χ1n) is 8.10. The van der Waals surface area contributed by atoms with Crippen molar-refractivity contribution in [2.24, 2.45) is 0 Å². The van der Waals surface area contributed by atoms with Gasteiger partial charge < -0.3 is 4.74 Å². The second-order valence-corrected chi connectivity index (χ2v) is 5.67. The molecule has 0 radical (unpaired) electrons. The SMILES string of the molecule is CCONC(=O)c1cc(-c2cccc(OC)c2)nc2ccc(C)cc12. The van der Waals surface area contributed by atoms with Gasteiger partial charge in [0.15, 0.2) is 0 Å². The van der Waals surface area contributed by atoms with E-state index in [4.69, 9.17) is 14.6 Å². The van der Waals surface area contributed by atoms with Crippen molar-refractivity contribution in [3.05, 3.63) is 59.7 Å². The Morgan fingerprint density at radius 3 is 2.76 bits per heavy atom. The molecule has 1 amide bonds. The lowest BCUT2D eigenvalue weighted by Crippen LogP contribution is -2.24. The average Bonchev–Trinajstić information content (AvgIpc) is 2.65. The number of aryl methyl sites for hydroxylation is 1. The summed E-state index contributed by atoms with van der Waals surface area (Å²) in [5.41, 5.74) is 6.41. The van der Waals surface area contributed by atoms with Gasteiger partial charge in [-0.05, 0) is 44.2 Å². The summed E-state index contributed by atoms with van der Waals surface area (Å²) in [6, 6.07) is 15.2. The van der Waals surface area contributed by atoms with E-state index in [1.807, 2.05) is 56.3 Å². The molecular weight excluding hydrogens is 316 g/mol. The fraction of sp³-hybridized carbons (Fsp3) is 0.200. The van der Waals surface area contributed by atoms with Gasteiger partial charge in [0.05, 0.1) is 30.5 Å². The normalized spacial score (nSPS) is 10.7. The number of hydrogen-bond acceptors (Lipinski definition) is 4. The predicted octanol–water partition coefficient (Wildman–Crippen LogP) is 3.90. The summed E-state index contributed by atoms with van der Waals surface area (Å²) < 4.78 is 5.28. The highest BCUT2D eigenvalue weighted by Gasteiger charge is 2.14. The number of ether oxygens (including phenoxy) is 1. The molecule has 0 atom stereocenters. The molecule has 3 aromatic rings. The van der Waals surface area contributed by atoms with Crippen LogP contribution in [-0.4, -0.2) is 24.6 Å². The Balaban J connectivity index is 2.17. The third-order valence-corrected chi connectivity index (χ3v) is 3.88. The number of hydrogen-bond donors (Lipinski definition) is 1. The Kier molecular flexibility index (Phi) is 4.95. The maximum absolute atomic E-state index is 12.5. The lowest BCUT2D eigenvalue weighted by molar-refractivity contribution is 0.0366. The van der Waals surface area contributed by atoms with Gasteiger partial charge in [-0.2, -0.15) is 0 Å². The van der Waals surface area contributed by atoms with Gasteiger partial charge in [0, 0.05) is 10.9 Å². The Hall–Kier alpha value is -2.92. The second kappa shape index (κ2) is 7.32. The van der Waals surface area contributed by atoms with E-state index >= 15 is 0 Å². The molecule has 0 spiro atoms. The van der Waals surface area contributed by atoms with Crippen molar-refractivity contribution in [1.29, 1.82) is 0 Å². The van der Waals surface area contributed by atoms with Crippen LogP contribution in [-0.2, 0) is 4.84 Å². The molecule has 5 heteroatoms. The zero-order valence-corrected chi connectivity index (χ0v) is 14.5. The molecule has 25 heavy (non-hydrogen) atoms. The summed E-state index contributed by atoms with van der Waals surface area (Å²) >= 11 is 0. The third kappa shape index (κ3) is 3.61. The van der Waals surface area contributed by atoms with Crippen LogP contribution < -0.4 is 10.2 Å². The van der Waals surface area contributed by atoms with Crippen LogP contribution in [0.15, 0.2) is 48.5 Å². The van der Waals surface area contributed by atoms with Crippen LogP contribution in [0.1, 0.15) is 22.8 Å². The first-order valence-corrected chi connectivity index (χ1v) is 8.10. The molecule has 5 nitrogen and oxygen atoms in total. The largest absolute Gasteiger partial charge is 0.497 e. The minimum atomic E-state index is -0.288. The number of benzene rings is 2. The maximum atomic E-state index is 12.5. The van der Waals surface area contributed by atoms with Crippen molar-refractivity contribution >= 4 is 16.8 Å². The Morgan fingerprint density at radius 1 is 1.16 bits per heavy atom. The Labute approximate surface area is 146 Å². The molecule has 0 aliphatic rings. The van der Waals surface area contributed by atoms with Crippen LogP contribution >= 0.6 is 0 Å². The summed E-state index contributed by atoms with van der Waals surface area (Å²) in [4.78, 5) is 22.3. The summed E-state index contributed by atoms with van der Waals surface area (Å²) in [5, 5.41) is 0.795. The highest BCUT2D eigenvalue weighted by molar-refractivity contribution is 6.07. The zero-order chi connectivity index (χ0) is 17.8. The van der Waals surface area contributed by atoms with Gasteiger partial charge in [0.1, 0.15) is 5.75 Å². The molecule has 0 aliphatic carbocycles. The van der Waals surface area contributed by atoms with Crippen LogP contribution in [0.3, 0.4) is 0 Å². The first-order chi connectivity index (χ1) is 12.1. The lowest BCUT2D eigenvalue weighted by atomic mass is 10.0. The number of carbonyl (C=O) groups is 1. The van der Waals surface area contributed by atoms with Crippen LogP contribution in [0, 0.1) is 6.92 Å². The summed E-state index contributed by atoms with van der Waals surface area (Å²) in [6.07, 6.45) is 0. The van der Waals surface area contributed by atoms with E-state index in [2.05, 4.69) is 5.48 Å². The van der Waals surface area contributed by atoms with Gasteiger partial charge >= 0.3 is 0 Å². The maximum Gasteiger partial charge on any atom is 0.275 e. The standard InChI is InChI=1S/C20H20N2O3/c1-4-25-22-20(23)17-12-19(14-6-5-7-15(11-14)24-3)21-18-9-8-13(2)10-16(17)18/h5-12H,4H2,1-3H3,(H,22,23). The van der Waals surface area contributed by atoms with Gasteiger partial charge in [0.2, 0.25) is 0 Å². The lowest BCUT2D eigenvalue weighted by Gasteiger charge is -2.11. The molecule has 1 N–H and O–H groups in total. The Morgan fingerprint density at radius 2 is 2.00 bits per heavy atom. The number of nitrogens with one attached hydrogen (secondary N) is 1. The van der Waals surface area contributed by atoms with Crippen molar-refractivity contribution in [1.82, 2.24) is 10.5 Å². The van der Waals surface area contributed by atoms with Crippen molar-refractivity contribution < 1.29 is 14.4 Å². The van der Waals surface area contributed by atoms with E-state index in [1.165, 1.54) is 0 Å². The molecule has 1 aromatic heterocycles. The number of fused-ring (bicyclic) bond motifs is 1. The van der Waals surface area contributed by atoms with E-state index in [9.17, 15) is 4.79 Å². The fourth-order valence-electron chi connectivity index (χ4n) is 2.65. The van der Waals surface area contributed by atoms with Crippen molar-refractivity contribution in [3.8, 4) is 17.0 Å². The van der Waals surface area contributed by atoms with Gasteiger partial charge in [-0.1, -0.05) is 23.8 Å². The van der Waals surface area contributed by atoms with Crippen LogP contribution in [0.4, 0.5) is 0 Å². The molecule has 0 bridgehead atoms. The zero-order valence-electron chi connectivity index (χ0n) is 14.5. The van der Waals surface area contributed by atoms with Gasteiger partial charge in [0.25, 0.3) is 5.91 Å². The quantitative estimate of drug-likeness (QED) is 0.718. The number of amides is 1. The van der Waals surface area contributed by atoms with Crippen LogP contribution in [0.25, 0.3) is 22.2 Å². The number of carbonyl (C=O) groups excluding carboxylic acids is 1. The number of pyridine rings is 1. The van der Waals surface area contributed by atoms with E-state index in [0.717, 1.165) is 27.8 Å². The summed E-state index contributed by atoms with van der Waals surface area (Å²) in [7, 11) is 1.62. The number of nitrogens with zero attached hydrogens (tertiary/aromatic N) is 1. The molecule has 128 valence electrons. The minimum absolute atomic E-state index is 0.288. The Bertz CT molecular complexity index is 922. The van der Waals surface area contributed by atoms with Crippen LogP contribution in [0.2, 0.25) is 0 Å². The predicted molar refractivity (Wildman–Crippen MR) is 97.6 cm³/mol. The van der Waals surface area contributed by atoms with Crippen molar-refractivity contribution in [3.63, 3.8) is 0 Å². The molecule has 0 saturated heterocycles. The van der Waals surface area contributed by atoms with Gasteiger partial charge in [-0.15, -0.1) is 0 Å². The highest BCUT2D eigenvalue weighted by Crippen LogP contribution is 2.27. The molecule has 0 unspecified atom stereocenters. The van der Waals surface area contributed by atoms with Gasteiger partial charge in [-0.25, -0.2) is 10.5 Å². The molecule has 2 aromatic carbocycles. The molecule has 0 fully saturated rings. The van der Waals surface area contributed by atoms with Gasteiger partial charge in [-0.3, -0.25) is 9.63 Å². The second-order valence-electron chi connectivity index (χ2n) is 5.67. The van der Waals surface area contributed by atoms with E-state index in [1.54, 1.807) is 13.2 Å². The fourth-order valence-corrected chi connectivity index (χ4v) is 2.65. The summed E-state index contributed by atoms with van der Waals surface area (Å²) in [6.45, 7) is 4.20. The first kappa shape index (κ1) is 16.9. The van der Waals surface area contributed by atoms with E-state index < -0.39 is 0 Å². The molecule has 0 saturated carbocycles.